The fraction of sp³-hybridized carbons (Fsp3) is 0.143. The Balaban J connectivity index is 1.75. The largest absolute Gasteiger partial charge is 0.482 e. The molecule has 0 unspecified atom stereocenters. The van der Waals surface area contributed by atoms with Gasteiger partial charge in [-0.3, -0.25) is 9.59 Å². The maximum Gasteiger partial charge on any atom is 0.262 e. The first-order valence-electron chi connectivity index (χ1n) is 6.53. The molecule has 2 heterocycles. The van der Waals surface area contributed by atoms with Crippen LogP contribution in [-0.4, -0.2) is 35.4 Å². The van der Waals surface area contributed by atoms with E-state index in [9.17, 15) is 9.59 Å². The third-order valence-electron chi connectivity index (χ3n) is 3.01. The van der Waals surface area contributed by atoms with E-state index in [1.165, 1.54) is 12.4 Å². The Morgan fingerprint density at radius 2 is 2.09 bits per heavy atom. The number of hydrogen-bond acceptors (Lipinski definition) is 6. The molecule has 0 bridgehead atoms. The maximum atomic E-state index is 12.1. The Morgan fingerprint density at radius 3 is 2.82 bits per heavy atom. The lowest BCUT2D eigenvalue weighted by Gasteiger charge is -2.18. The fourth-order valence-corrected chi connectivity index (χ4v) is 1.93. The number of nitrogens with one attached hydrogen (secondary N) is 3. The van der Waals surface area contributed by atoms with E-state index in [4.69, 9.17) is 4.74 Å². The summed E-state index contributed by atoms with van der Waals surface area (Å²) in [7, 11) is 1.70. The molecule has 3 rings (SSSR count). The normalized spacial score (nSPS) is 12.7. The number of aromatic nitrogens is 2. The number of fused-ring (bicyclic) bond motifs is 1. The number of ether oxygens (including phenoxy) is 1. The van der Waals surface area contributed by atoms with Gasteiger partial charge < -0.3 is 20.7 Å². The molecule has 8 nitrogen and oxygen atoms in total. The summed E-state index contributed by atoms with van der Waals surface area (Å²) in [5, 5.41) is 8.18. The molecule has 0 spiro atoms. The van der Waals surface area contributed by atoms with Crippen LogP contribution in [0, 0.1) is 0 Å². The molecule has 112 valence electrons. The van der Waals surface area contributed by atoms with E-state index in [-0.39, 0.29) is 18.4 Å². The topological polar surface area (TPSA) is 105 Å². The van der Waals surface area contributed by atoms with Gasteiger partial charge >= 0.3 is 0 Å². The van der Waals surface area contributed by atoms with Gasteiger partial charge in [0.25, 0.3) is 11.8 Å². The van der Waals surface area contributed by atoms with E-state index >= 15 is 0 Å². The molecule has 0 saturated heterocycles. The molecule has 1 aromatic carbocycles. The van der Waals surface area contributed by atoms with E-state index in [2.05, 4.69) is 25.9 Å². The van der Waals surface area contributed by atoms with Crippen LogP contribution in [0.1, 0.15) is 10.4 Å². The second kappa shape index (κ2) is 5.68. The molecule has 2 aromatic rings. The van der Waals surface area contributed by atoms with Crippen LogP contribution >= 0.6 is 0 Å². The third-order valence-corrected chi connectivity index (χ3v) is 3.01. The lowest BCUT2D eigenvalue weighted by molar-refractivity contribution is -0.118. The van der Waals surface area contributed by atoms with Crippen LogP contribution in [0.3, 0.4) is 0 Å². The number of benzene rings is 1. The van der Waals surface area contributed by atoms with Crippen molar-refractivity contribution in [2.75, 3.05) is 29.6 Å². The summed E-state index contributed by atoms with van der Waals surface area (Å²) in [6.07, 6.45) is 2.87. The average molecular weight is 299 g/mol. The van der Waals surface area contributed by atoms with Crippen molar-refractivity contribution in [2.24, 2.45) is 0 Å². The Kier molecular flexibility index (Phi) is 3.57. The zero-order valence-electron chi connectivity index (χ0n) is 11.7. The van der Waals surface area contributed by atoms with Gasteiger partial charge in [-0.1, -0.05) is 0 Å². The zero-order valence-corrected chi connectivity index (χ0v) is 11.7. The van der Waals surface area contributed by atoms with Crippen LogP contribution in [0.4, 0.5) is 17.3 Å². The minimum absolute atomic E-state index is 0.0380. The first-order chi connectivity index (χ1) is 10.7. The highest BCUT2D eigenvalue weighted by Crippen LogP contribution is 2.30. The molecule has 3 N–H and O–H groups in total. The number of anilines is 3. The lowest BCUT2D eigenvalue weighted by atomic mass is 10.2. The molecule has 1 aliphatic heterocycles. The van der Waals surface area contributed by atoms with Crippen molar-refractivity contribution in [1.29, 1.82) is 0 Å². The van der Waals surface area contributed by atoms with E-state index in [0.717, 1.165) is 0 Å². The van der Waals surface area contributed by atoms with Crippen LogP contribution in [0.2, 0.25) is 0 Å². The summed E-state index contributed by atoms with van der Waals surface area (Å²) in [4.78, 5) is 31.3. The van der Waals surface area contributed by atoms with Gasteiger partial charge in [-0.05, 0) is 12.1 Å². The van der Waals surface area contributed by atoms with E-state index in [1.807, 2.05) is 0 Å². The minimum Gasteiger partial charge on any atom is -0.482 e. The Bertz CT molecular complexity index is 730. The summed E-state index contributed by atoms with van der Waals surface area (Å²) >= 11 is 0. The monoisotopic (exact) mass is 299 g/mol. The van der Waals surface area contributed by atoms with Crippen molar-refractivity contribution in [3.05, 3.63) is 36.2 Å². The lowest BCUT2D eigenvalue weighted by Crippen LogP contribution is -2.25. The Morgan fingerprint density at radius 1 is 1.32 bits per heavy atom. The fourth-order valence-electron chi connectivity index (χ4n) is 1.93. The van der Waals surface area contributed by atoms with Gasteiger partial charge in [0, 0.05) is 31.2 Å². The summed E-state index contributed by atoms with van der Waals surface area (Å²) < 4.78 is 5.30. The molecule has 1 aromatic heterocycles. The summed E-state index contributed by atoms with van der Waals surface area (Å²) in [5.74, 6) is 0.419. The minimum atomic E-state index is -0.331. The average Bonchev–Trinajstić information content (AvgIpc) is 2.55. The predicted molar refractivity (Wildman–Crippen MR) is 80.1 cm³/mol. The zero-order chi connectivity index (χ0) is 15.5. The van der Waals surface area contributed by atoms with Gasteiger partial charge in [-0.25, -0.2) is 9.97 Å². The second-order valence-electron chi connectivity index (χ2n) is 4.55. The highest BCUT2D eigenvalue weighted by Gasteiger charge is 2.16. The highest BCUT2D eigenvalue weighted by molar-refractivity contribution is 6.04. The first kappa shape index (κ1) is 13.8. The second-order valence-corrected chi connectivity index (χ2v) is 4.55. The number of amides is 2. The number of hydrogen-bond donors (Lipinski definition) is 3. The van der Waals surface area contributed by atoms with Crippen molar-refractivity contribution in [2.45, 2.75) is 0 Å². The van der Waals surface area contributed by atoms with Crippen molar-refractivity contribution in [1.82, 2.24) is 9.97 Å². The number of rotatable bonds is 3. The van der Waals surface area contributed by atoms with E-state index < -0.39 is 0 Å². The van der Waals surface area contributed by atoms with E-state index in [0.29, 0.717) is 28.6 Å². The van der Waals surface area contributed by atoms with Crippen molar-refractivity contribution >= 4 is 29.1 Å². The number of nitrogens with zero attached hydrogens (tertiary/aromatic N) is 2. The number of carbonyl (C=O) groups is 2. The Labute approximate surface area is 125 Å². The van der Waals surface area contributed by atoms with Crippen LogP contribution in [-0.2, 0) is 4.79 Å². The van der Waals surface area contributed by atoms with Gasteiger partial charge in [0.15, 0.2) is 6.61 Å². The van der Waals surface area contributed by atoms with Crippen LogP contribution in [0.15, 0.2) is 30.6 Å². The molecule has 0 aliphatic carbocycles. The maximum absolute atomic E-state index is 12.1. The van der Waals surface area contributed by atoms with Gasteiger partial charge in [0.2, 0.25) is 5.95 Å². The Hall–Kier alpha value is -3.16. The van der Waals surface area contributed by atoms with Gasteiger partial charge in [-0.15, -0.1) is 0 Å². The standard InChI is InChI=1S/C14H13N5O3/c1-15-14-16-5-8(6-17-14)13(21)18-9-2-3-10-11(4-9)22-7-12(20)19-10/h2-6H,7H2,1H3,(H,18,21)(H,19,20)(H,15,16,17). The van der Waals surface area contributed by atoms with Crippen molar-refractivity contribution in [3.8, 4) is 5.75 Å². The molecular weight excluding hydrogens is 286 g/mol. The summed E-state index contributed by atoms with van der Waals surface area (Å²) in [6, 6.07) is 4.99. The van der Waals surface area contributed by atoms with Crippen LogP contribution < -0.4 is 20.7 Å². The van der Waals surface area contributed by atoms with Gasteiger partial charge in [0.05, 0.1) is 11.3 Å². The first-order valence-corrected chi connectivity index (χ1v) is 6.53. The molecule has 0 fully saturated rings. The van der Waals surface area contributed by atoms with Gasteiger partial charge in [0.1, 0.15) is 5.75 Å². The molecule has 8 heteroatoms. The summed E-state index contributed by atoms with van der Waals surface area (Å²) in [6.45, 7) is -0.0380. The highest BCUT2D eigenvalue weighted by atomic mass is 16.5. The molecule has 0 saturated carbocycles. The molecular formula is C14H13N5O3. The number of carbonyl (C=O) groups excluding carboxylic acids is 2. The van der Waals surface area contributed by atoms with Crippen molar-refractivity contribution in [3.63, 3.8) is 0 Å². The molecule has 0 radical (unpaired) electrons. The predicted octanol–water partition coefficient (Wildman–Crippen LogP) is 1.10. The van der Waals surface area contributed by atoms with Crippen molar-refractivity contribution < 1.29 is 14.3 Å². The van der Waals surface area contributed by atoms with Gasteiger partial charge in [-0.2, -0.15) is 0 Å². The smallest absolute Gasteiger partial charge is 0.262 e. The van der Waals surface area contributed by atoms with E-state index in [1.54, 1.807) is 25.2 Å². The molecule has 0 atom stereocenters. The SMILES string of the molecule is CNc1ncc(C(=O)Nc2ccc3c(c2)OCC(=O)N3)cn1. The van der Waals surface area contributed by atoms with Crippen LogP contribution in [0.5, 0.6) is 5.75 Å². The summed E-state index contributed by atoms with van der Waals surface area (Å²) in [5.41, 5.74) is 1.47. The molecule has 2 amide bonds. The third kappa shape index (κ3) is 2.80. The molecule has 1 aliphatic rings. The quantitative estimate of drug-likeness (QED) is 0.784. The van der Waals surface area contributed by atoms with Crippen LogP contribution in [0.25, 0.3) is 0 Å². The molecule has 22 heavy (non-hydrogen) atoms.